The molecule has 3 N–H and O–H groups in total. The van der Waals surface area contributed by atoms with E-state index in [1.165, 1.54) is 12.1 Å². The molecule has 0 radical (unpaired) electrons. The number of nitrogens with zero attached hydrogens (tertiary/aromatic N) is 1. The Bertz CT molecular complexity index is 602. The Balaban J connectivity index is 2.62. The molecule has 0 aromatic heterocycles. The topological polar surface area (TPSA) is 122 Å². The summed E-state index contributed by atoms with van der Waals surface area (Å²) in [5, 5.41) is 33.5. The third-order valence-electron chi connectivity index (χ3n) is 2.98. The number of ether oxygens (including phenoxy) is 1. The Kier molecular flexibility index (Phi) is 6.94. The van der Waals surface area contributed by atoms with Crippen LogP contribution in [0, 0.1) is 10.1 Å². The maximum Gasteiger partial charge on any atom is 0.407 e. The molecule has 1 amide bonds. The third-order valence-corrected chi connectivity index (χ3v) is 3.33. The number of nitro benzene ring substituents is 1. The number of benzene rings is 1. The molecule has 9 heteroatoms. The van der Waals surface area contributed by atoms with E-state index in [1.54, 1.807) is 20.8 Å². The molecule has 0 aliphatic rings. The van der Waals surface area contributed by atoms with E-state index < -0.39 is 28.8 Å². The van der Waals surface area contributed by atoms with Gasteiger partial charge in [0.25, 0.3) is 5.69 Å². The summed E-state index contributed by atoms with van der Waals surface area (Å²) >= 11 is 5.91. The number of alkyl carbamates (subject to hydrolysis) is 1. The van der Waals surface area contributed by atoms with E-state index in [1.807, 2.05) is 0 Å². The van der Waals surface area contributed by atoms with Crippen LogP contribution >= 0.6 is 11.6 Å². The number of carbonyl (C=O) groups is 1. The molecule has 1 aromatic rings. The quantitative estimate of drug-likeness (QED) is 0.529. The average molecular weight is 361 g/mol. The van der Waals surface area contributed by atoms with Crippen LogP contribution in [0.2, 0.25) is 5.02 Å². The lowest BCUT2D eigenvalue weighted by molar-refractivity contribution is -0.385. The van der Waals surface area contributed by atoms with Gasteiger partial charge in [0.15, 0.2) is 0 Å². The molecule has 0 aliphatic carbocycles. The summed E-state index contributed by atoms with van der Waals surface area (Å²) in [6.45, 7) is 5.21. The summed E-state index contributed by atoms with van der Waals surface area (Å²) in [6, 6.07) is 3.59. The van der Waals surface area contributed by atoms with Gasteiger partial charge in [0, 0.05) is 29.3 Å². The number of nitro groups is 1. The van der Waals surface area contributed by atoms with Crippen LogP contribution in [0.3, 0.4) is 0 Å². The van der Waals surface area contributed by atoms with Gasteiger partial charge in [-0.3, -0.25) is 10.1 Å². The second-order valence-corrected chi connectivity index (χ2v) is 6.60. The Morgan fingerprint density at radius 1 is 1.42 bits per heavy atom. The van der Waals surface area contributed by atoms with Gasteiger partial charge in [0.2, 0.25) is 0 Å². The van der Waals surface area contributed by atoms with Gasteiger partial charge in [-0.25, -0.2) is 4.79 Å². The second-order valence-electron chi connectivity index (χ2n) is 6.19. The normalized spacial score (nSPS) is 13.9. The molecule has 1 aromatic carbocycles. The summed E-state index contributed by atoms with van der Waals surface area (Å²) < 4.78 is 5.04. The minimum atomic E-state index is -1.42. The van der Waals surface area contributed by atoms with Crippen molar-refractivity contribution in [2.45, 2.75) is 45.0 Å². The van der Waals surface area contributed by atoms with Crippen LogP contribution in [0.25, 0.3) is 0 Å². The Hall–Kier alpha value is -1.90. The first-order chi connectivity index (χ1) is 11.0. The zero-order valence-electron chi connectivity index (χ0n) is 13.7. The van der Waals surface area contributed by atoms with E-state index in [0.29, 0.717) is 0 Å². The van der Waals surface area contributed by atoms with Crippen molar-refractivity contribution in [2.75, 3.05) is 6.54 Å². The molecular formula is C15H21ClN2O6. The van der Waals surface area contributed by atoms with E-state index in [9.17, 15) is 25.1 Å². The van der Waals surface area contributed by atoms with Crippen LogP contribution < -0.4 is 5.32 Å². The Morgan fingerprint density at radius 2 is 2.04 bits per heavy atom. The van der Waals surface area contributed by atoms with E-state index in [2.05, 4.69) is 5.32 Å². The number of aliphatic hydroxyl groups excluding tert-OH is 2. The molecular weight excluding hydrogens is 340 g/mol. The van der Waals surface area contributed by atoms with E-state index in [4.69, 9.17) is 16.3 Å². The van der Waals surface area contributed by atoms with E-state index >= 15 is 0 Å². The van der Waals surface area contributed by atoms with Crippen molar-refractivity contribution in [2.24, 2.45) is 0 Å². The number of non-ortho nitro benzene ring substituents is 1. The van der Waals surface area contributed by atoms with Crippen molar-refractivity contribution in [1.82, 2.24) is 5.32 Å². The molecule has 0 bridgehead atoms. The van der Waals surface area contributed by atoms with Crippen LogP contribution in [0.1, 0.15) is 38.9 Å². The lowest BCUT2D eigenvalue weighted by Crippen LogP contribution is -2.34. The third kappa shape index (κ3) is 6.31. The minimum Gasteiger partial charge on any atom is -0.444 e. The van der Waals surface area contributed by atoms with Crippen molar-refractivity contribution < 1.29 is 24.7 Å². The van der Waals surface area contributed by atoms with Gasteiger partial charge in [-0.1, -0.05) is 11.6 Å². The summed E-state index contributed by atoms with van der Waals surface area (Å²) in [7, 11) is 0. The zero-order chi connectivity index (χ0) is 18.5. The fourth-order valence-corrected chi connectivity index (χ4v) is 2.10. The number of amides is 1. The lowest BCUT2D eigenvalue weighted by atomic mass is 10.0. The molecule has 0 aliphatic heterocycles. The molecule has 1 rings (SSSR count). The number of hydrogen-bond acceptors (Lipinski definition) is 6. The summed E-state index contributed by atoms with van der Waals surface area (Å²) in [4.78, 5) is 21.6. The summed E-state index contributed by atoms with van der Waals surface area (Å²) in [5.41, 5.74) is -0.832. The number of hydrogen-bond donors (Lipinski definition) is 3. The molecule has 2 atom stereocenters. The standard InChI is InChI=1S/C15H21ClN2O6/c1-15(2,3)24-14(21)17-7-6-12(19)13(20)10-8-9(18(22)23)4-5-11(10)16/h4-5,8,12-13,19-20H,6-7H2,1-3H3,(H,17,21). The second kappa shape index (κ2) is 8.27. The number of carbonyl (C=O) groups excluding carboxylic acids is 1. The monoisotopic (exact) mass is 360 g/mol. The number of nitrogens with one attached hydrogen (secondary N) is 1. The maximum absolute atomic E-state index is 11.5. The van der Waals surface area contributed by atoms with Gasteiger partial charge in [-0.15, -0.1) is 0 Å². The Labute approximate surface area is 144 Å². The Morgan fingerprint density at radius 3 is 2.58 bits per heavy atom. The molecule has 0 fully saturated rings. The fourth-order valence-electron chi connectivity index (χ4n) is 1.87. The van der Waals surface area contributed by atoms with Crippen LogP contribution in [-0.4, -0.2) is 39.5 Å². The highest BCUT2D eigenvalue weighted by Crippen LogP contribution is 2.29. The van der Waals surface area contributed by atoms with Crippen molar-refractivity contribution in [3.63, 3.8) is 0 Å². The first-order valence-corrected chi connectivity index (χ1v) is 7.66. The van der Waals surface area contributed by atoms with Crippen molar-refractivity contribution in [3.8, 4) is 0 Å². The van der Waals surface area contributed by atoms with E-state index in [0.717, 1.165) is 6.07 Å². The molecule has 2 unspecified atom stereocenters. The summed E-state index contributed by atoms with van der Waals surface area (Å²) in [5.74, 6) is 0. The fraction of sp³-hybridized carbons (Fsp3) is 0.533. The van der Waals surface area contributed by atoms with Crippen LogP contribution in [0.15, 0.2) is 18.2 Å². The first kappa shape index (κ1) is 20.1. The largest absolute Gasteiger partial charge is 0.444 e. The predicted octanol–water partition coefficient (Wildman–Crippen LogP) is 2.56. The SMILES string of the molecule is CC(C)(C)OC(=O)NCCC(O)C(O)c1cc([N+](=O)[O-])ccc1Cl. The molecule has 0 spiro atoms. The number of halogens is 1. The molecule has 24 heavy (non-hydrogen) atoms. The van der Waals surface area contributed by atoms with Crippen molar-refractivity contribution in [3.05, 3.63) is 38.9 Å². The van der Waals surface area contributed by atoms with Crippen molar-refractivity contribution >= 4 is 23.4 Å². The van der Waals surface area contributed by atoms with Crippen LogP contribution in [0.4, 0.5) is 10.5 Å². The van der Waals surface area contributed by atoms with Gasteiger partial charge in [0.05, 0.1) is 11.0 Å². The lowest BCUT2D eigenvalue weighted by Gasteiger charge is -2.21. The molecule has 0 heterocycles. The predicted molar refractivity (Wildman–Crippen MR) is 87.9 cm³/mol. The van der Waals surface area contributed by atoms with Gasteiger partial charge in [-0.05, 0) is 33.3 Å². The van der Waals surface area contributed by atoms with Gasteiger partial charge in [0.1, 0.15) is 11.7 Å². The minimum absolute atomic E-state index is 0.0133. The van der Waals surface area contributed by atoms with Crippen molar-refractivity contribution in [1.29, 1.82) is 0 Å². The van der Waals surface area contributed by atoms with Gasteiger partial charge in [-0.2, -0.15) is 0 Å². The van der Waals surface area contributed by atoms with E-state index in [-0.39, 0.29) is 29.2 Å². The van der Waals surface area contributed by atoms with Crippen LogP contribution in [0.5, 0.6) is 0 Å². The molecule has 0 saturated heterocycles. The molecule has 0 saturated carbocycles. The molecule has 8 nitrogen and oxygen atoms in total. The maximum atomic E-state index is 11.5. The highest BCUT2D eigenvalue weighted by molar-refractivity contribution is 6.31. The number of rotatable bonds is 6. The first-order valence-electron chi connectivity index (χ1n) is 7.28. The smallest absolute Gasteiger partial charge is 0.407 e. The molecule has 134 valence electrons. The summed E-state index contributed by atoms with van der Waals surface area (Å²) in [6.07, 6.45) is -3.31. The highest BCUT2D eigenvalue weighted by Gasteiger charge is 2.23. The van der Waals surface area contributed by atoms with Gasteiger partial charge < -0.3 is 20.3 Å². The number of aliphatic hydroxyl groups is 2. The van der Waals surface area contributed by atoms with Gasteiger partial charge >= 0.3 is 6.09 Å². The zero-order valence-corrected chi connectivity index (χ0v) is 14.4. The average Bonchev–Trinajstić information content (AvgIpc) is 2.44. The highest BCUT2D eigenvalue weighted by atomic mass is 35.5. The van der Waals surface area contributed by atoms with Crippen LogP contribution in [-0.2, 0) is 4.74 Å².